The van der Waals surface area contributed by atoms with Gasteiger partial charge < -0.3 is 20.1 Å². The molecule has 0 saturated heterocycles. The van der Waals surface area contributed by atoms with Crippen LogP contribution in [0.2, 0.25) is 0 Å². The Morgan fingerprint density at radius 3 is 2.11 bits per heavy atom. The molecule has 0 unspecified atom stereocenters. The summed E-state index contributed by atoms with van der Waals surface area (Å²) < 4.78 is 23.5. The minimum Gasteiger partial charge on any atom is -0.494 e. The molecule has 0 aromatic heterocycles. The highest BCUT2D eigenvalue weighted by Gasteiger charge is 2.20. The fraction of sp³-hybridized carbons (Fsp3) is 0.211. The number of hydrogen-bond acceptors (Lipinski definition) is 5. The quantitative estimate of drug-likeness (QED) is 0.758. The second-order valence-corrected chi connectivity index (χ2v) is 5.64. The third-order valence-corrected chi connectivity index (χ3v) is 3.51. The van der Waals surface area contributed by atoms with Gasteiger partial charge in [0, 0.05) is 18.3 Å². The fourth-order valence-corrected chi connectivity index (χ4v) is 2.16. The molecule has 0 bridgehead atoms. The molecule has 0 spiro atoms. The summed E-state index contributed by atoms with van der Waals surface area (Å²) in [4.78, 5) is 35.2. The van der Waals surface area contributed by atoms with Crippen molar-refractivity contribution >= 4 is 29.2 Å². The molecular weight excluding hydrogens is 355 g/mol. The van der Waals surface area contributed by atoms with E-state index >= 15 is 0 Å². The number of halogens is 1. The normalized spacial score (nSPS) is 11.3. The lowest BCUT2D eigenvalue weighted by Crippen LogP contribution is -2.30. The Kier molecular flexibility index (Phi) is 6.48. The number of esters is 1. The van der Waals surface area contributed by atoms with Gasteiger partial charge in [0.15, 0.2) is 17.7 Å². The van der Waals surface area contributed by atoms with Crippen LogP contribution in [-0.4, -0.2) is 31.0 Å². The van der Waals surface area contributed by atoms with Crippen molar-refractivity contribution in [2.45, 2.75) is 20.0 Å². The SMILES string of the molecule is COc1ccc(C(=O)O[C@H](C)C(=O)Nc2ccc(NC(C)=O)cc2)cc1F. The number of anilines is 2. The monoisotopic (exact) mass is 374 g/mol. The number of rotatable bonds is 6. The van der Waals surface area contributed by atoms with Crippen molar-refractivity contribution in [2.24, 2.45) is 0 Å². The number of ether oxygens (including phenoxy) is 2. The van der Waals surface area contributed by atoms with Crippen molar-refractivity contribution in [1.82, 2.24) is 0 Å². The van der Waals surface area contributed by atoms with E-state index in [1.165, 1.54) is 33.1 Å². The van der Waals surface area contributed by atoms with Crippen LogP contribution in [-0.2, 0) is 14.3 Å². The van der Waals surface area contributed by atoms with Crippen LogP contribution in [0.1, 0.15) is 24.2 Å². The Labute approximate surface area is 155 Å². The molecule has 2 rings (SSSR count). The average molecular weight is 374 g/mol. The van der Waals surface area contributed by atoms with E-state index in [-0.39, 0.29) is 17.2 Å². The molecule has 0 aliphatic heterocycles. The summed E-state index contributed by atoms with van der Waals surface area (Å²) in [6.45, 7) is 2.79. The summed E-state index contributed by atoms with van der Waals surface area (Å²) in [5.41, 5.74) is 1.02. The van der Waals surface area contributed by atoms with Gasteiger partial charge in [0.1, 0.15) is 0 Å². The first-order valence-corrected chi connectivity index (χ1v) is 8.03. The maximum absolute atomic E-state index is 13.7. The van der Waals surface area contributed by atoms with Gasteiger partial charge in [-0.1, -0.05) is 0 Å². The molecule has 1 atom stereocenters. The van der Waals surface area contributed by atoms with Gasteiger partial charge in [-0.25, -0.2) is 9.18 Å². The molecule has 0 aliphatic carbocycles. The van der Waals surface area contributed by atoms with E-state index in [1.54, 1.807) is 24.3 Å². The van der Waals surface area contributed by atoms with Crippen molar-refractivity contribution < 1.29 is 28.2 Å². The molecule has 2 aromatic carbocycles. The van der Waals surface area contributed by atoms with Crippen molar-refractivity contribution in [3.8, 4) is 5.75 Å². The highest BCUT2D eigenvalue weighted by molar-refractivity contribution is 5.97. The van der Waals surface area contributed by atoms with Gasteiger partial charge in [0.2, 0.25) is 5.91 Å². The smallest absolute Gasteiger partial charge is 0.339 e. The lowest BCUT2D eigenvalue weighted by Gasteiger charge is -2.14. The van der Waals surface area contributed by atoms with Crippen LogP contribution in [0.25, 0.3) is 0 Å². The first-order valence-electron chi connectivity index (χ1n) is 8.03. The molecule has 2 N–H and O–H groups in total. The van der Waals surface area contributed by atoms with Gasteiger partial charge in [0.05, 0.1) is 12.7 Å². The van der Waals surface area contributed by atoms with Gasteiger partial charge in [-0.3, -0.25) is 9.59 Å². The number of amides is 2. The second-order valence-electron chi connectivity index (χ2n) is 5.64. The van der Waals surface area contributed by atoms with Crippen molar-refractivity contribution in [1.29, 1.82) is 0 Å². The van der Waals surface area contributed by atoms with Crippen LogP contribution in [0.4, 0.5) is 15.8 Å². The molecule has 0 aliphatic rings. The Morgan fingerprint density at radius 2 is 1.59 bits per heavy atom. The second kappa shape index (κ2) is 8.79. The number of hydrogen-bond donors (Lipinski definition) is 2. The number of nitrogens with one attached hydrogen (secondary N) is 2. The van der Waals surface area contributed by atoms with Gasteiger partial charge in [-0.05, 0) is 49.4 Å². The predicted octanol–water partition coefficient (Wildman–Crippen LogP) is 2.98. The zero-order valence-electron chi connectivity index (χ0n) is 15.0. The summed E-state index contributed by atoms with van der Waals surface area (Å²) in [6.07, 6.45) is -1.10. The predicted molar refractivity (Wildman–Crippen MR) is 97.2 cm³/mol. The van der Waals surface area contributed by atoms with Crippen LogP contribution in [0.5, 0.6) is 5.75 Å². The van der Waals surface area contributed by atoms with Gasteiger partial charge in [0.25, 0.3) is 5.91 Å². The fourth-order valence-electron chi connectivity index (χ4n) is 2.16. The van der Waals surface area contributed by atoms with Crippen molar-refractivity contribution in [3.63, 3.8) is 0 Å². The summed E-state index contributed by atoms with van der Waals surface area (Å²) in [7, 11) is 1.31. The highest BCUT2D eigenvalue weighted by atomic mass is 19.1. The first kappa shape index (κ1) is 19.9. The van der Waals surface area contributed by atoms with Crippen LogP contribution in [0, 0.1) is 5.82 Å². The lowest BCUT2D eigenvalue weighted by atomic mass is 10.2. The number of carbonyl (C=O) groups excluding carboxylic acids is 3. The molecular formula is C19H19FN2O5. The zero-order chi connectivity index (χ0) is 20.0. The van der Waals surface area contributed by atoms with Crippen LogP contribution < -0.4 is 15.4 Å². The van der Waals surface area contributed by atoms with E-state index in [0.29, 0.717) is 11.4 Å². The van der Waals surface area contributed by atoms with Crippen LogP contribution in [0.15, 0.2) is 42.5 Å². The zero-order valence-corrected chi connectivity index (χ0v) is 15.0. The standard InChI is InChI=1S/C19H19FN2O5/c1-11(27-19(25)13-4-9-17(26-3)16(20)10-13)18(24)22-15-7-5-14(6-8-15)21-12(2)23/h4-11H,1-3H3,(H,21,23)(H,22,24)/t11-/m1/s1. The highest BCUT2D eigenvalue weighted by Crippen LogP contribution is 2.19. The van der Waals surface area contributed by atoms with E-state index in [0.717, 1.165) is 6.07 Å². The van der Waals surface area contributed by atoms with Crippen LogP contribution in [0.3, 0.4) is 0 Å². The lowest BCUT2D eigenvalue weighted by molar-refractivity contribution is -0.123. The molecule has 0 fully saturated rings. The molecule has 0 radical (unpaired) electrons. The minimum absolute atomic E-state index is 0.0000474. The van der Waals surface area contributed by atoms with Crippen molar-refractivity contribution in [3.05, 3.63) is 53.8 Å². The molecule has 2 aromatic rings. The van der Waals surface area contributed by atoms with Gasteiger partial charge in [-0.15, -0.1) is 0 Å². The third kappa shape index (κ3) is 5.53. The van der Waals surface area contributed by atoms with Crippen molar-refractivity contribution in [2.75, 3.05) is 17.7 Å². The summed E-state index contributed by atoms with van der Waals surface area (Å²) in [5, 5.41) is 5.19. The minimum atomic E-state index is -1.10. The average Bonchev–Trinajstić information content (AvgIpc) is 2.62. The molecule has 0 heterocycles. The molecule has 2 amide bonds. The largest absolute Gasteiger partial charge is 0.494 e. The Bertz CT molecular complexity index is 852. The summed E-state index contributed by atoms with van der Waals surface area (Å²) in [6, 6.07) is 10.0. The molecule has 7 nitrogen and oxygen atoms in total. The number of carbonyl (C=O) groups is 3. The Balaban J connectivity index is 1.95. The molecule has 142 valence electrons. The van der Waals surface area contributed by atoms with Crippen LogP contribution >= 0.6 is 0 Å². The van der Waals surface area contributed by atoms with E-state index in [9.17, 15) is 18.8 Å². The van der Waals surface area contributed by atoms with E-state index in [4.69, 9.17) is 9.47 Å². The third-order valence-electron chi connectivity index (χ3n) is 3.51. The Hall–Kier alpha value is -3.42. The maximum Gasteiger partial charge on any atom is 0.339 e. The summed E-state index contributed by atoms with van der Waals surface area (Å²) >= 11 is 0. The number of methoxy groups -OCH3 is 1. The van der Waals surface area contributed by atoms with E-state index in [2.05, 4.69) is 10.6 Å². The topological polar surface area (TPSA) is 93.7 Å². The Morgan fingerprint density at radius 1 is 1.00 bits per heavy atom. The molecule has 0 saturated carbocycles. The molecule has 27 heavy (non-hydrogen) atoms. The summed E-state index contributed by atoms with van der Waals surface area (Å²) in [5.74, 6) is -2.30. The van der Waals surface area contributed by atoms with E-state index in [1.807, 2.05) is 0 Å². The first-order chi connectivity index (χ1) is 12.8. The number of benzene rings is 2. The van der Waals surface area contributed by atoms with Gasteiger partial charge in [-0.2, -0.15) is 0 Å². The molecule has 8 heteroatoms. The van der Waals surface area contributed by atoms with Gasteiger partial charge >= 0.3 is 5.97 Å². The van der Waals surface area contributed by atoms with E-state index < -0.39 is 23.8 Å². The maximum atomic E-state index is 13.7.